The Kier molecular flexibility index (Phi) is 9.26. The van der Waals surface area contributed by atoms with E-state index in [4.69, 9.17) is 0 Å². The highest BCUT2D eigenvalue weighted by Gasteiger charge is 2.13. The number of hydrogen-bond donors (Lipinski definition) is 2. The summed E-state index contributed by atoms with van der Waals surface area (Å²) >= 11 is 0. The molecule has 0 aliphatic carbocycles. The van der Waals surface area contributed by atoms with Crippen LogP contribution in [-0.2, 0) is 11.8 Å². The lowest BCUT2D eigenvalue weighted by molar-refractivity contribution is 0.274. The van der Waals surface area contributed by atoms with Gasteiger partial charge in [-0.2, -0.15) is 0 Å². The summed E-state index contributed by atoms with van der Waals surface area (Å²) in [4.78, 5) is 9.37. The van der Waals surface area contributed by atoms with E-state index in [0.717, 1.165) is 38.4 Å². The Balaban J connectivity index is 1.62. The molecule has 158 valence electrons. The van der Waals surface area contributed by atoms with E-state index < -0.39 is 0 Å². The number of hydrogen-bond acceptors (Lipinski definition) is 3. The van der Waals surface area contributed by atoms with E-state index in [1.165, 1.54) is 43.7 Å². The molecule has 5 heteroatoms. The van der Waals surface area contributed by atoms with Crippen LogP contribution < -0.4 is 10.6 Å². The van der Waals surface area contributed by atoms with Crippen molar-refractivity contribution >= 4 is 5.96 Å². The molecule has 1 aromatic carbocycles. The molecule has 0 radical (unpaired) electrons. The average molecular weight is 388 g/mol. The van der Waals surface area contributed by atoms with Crippen LogP contribution in [0.4, 0.5) is 0 Å². The van der Waals surface area contributed by atoms with Crippen molar-refractivity contribution in [3.05, 3.63) is 35.4 Å². The molecule has 5 nitrogen and oxygen atoms in total. The van der Waals surface area contributed by atoms with Gasteiger partial charge in [0.2, 0.25) is 0 Å². The molecule has 1 aliphatic rings. The summed E-state index contributed by atoms with van der Waals surface area (Å²) in [5, 5.41) is 6.89. The van der Waals surface area contributed by atoms with Gasteiger partial charge in [-0.1, -0.05) is 45.0 Å². The van der Waals surface area contributed by atoms with Crippen LogP contribution in [0.3, 0.4) is 0 Å². The molecule has 2 N–H and O–H groups in total. The van der Waals surface area contributed by atoms with Crippen LogP contribution in [0.25, 0.3) is 0 Å². The molecule has 0 spiro atoms. The van der Waals surface area contributed by atoms with Gasteiger partial charge in [-0.25, -0.2) is 0 Å². The van der Waals surface area contributed by atoms with Gasteiger partial charge in [0.05, 0.1) is 0 Å². The summed E-state index contributed by atoms with van der Waals surface area (Å²) < 4.78 is 0. The fraction of sp³-hybridized carbons (Fsp3) is 0.696. The lowest BCUT2D eigenvalue weighted by Gasteiger charge is -2.20. The quantitative estimate of drug-likeness (QED) is 0.429. The fourth-order valence-electron chi connectivity index (χ4n) is 3.55. The summed E-state index contributed by atoms with van der Waals surface area (Å²) in [6.45, 7) is 14.6. The van der Waals surface area contributed by atoms with E-state index in [1.54, 1.807) is 0 Å². The second kappa shape index (κ2) is 11.4. The van der Waals surface area contributed by atoms with Gasteiger partial charge in [0, 0.05) is 33.2 Å². The van der Waals surface area contributed by atoms with E-state index in [2.05, 4.69) is 77.5 Å². The maximum absolute atomic E-state index is 4.35. The first kappa shape index (κ1) is 22.7. The van der Waals surface area contributed by atoms with Gasteiger partial charge in [0.25, 0.3) is 0 Å². The van der Waals surface area contributed by atoms with E-state index in [9.17, 15) is 0 Å². The van der Waals surface area contributed by atoms with E-state index >= 15 is 0 Å². The van der Waals surface area contributed by atoms with Gasteiger partial charge in [-0.15, -0.1) is 0 Å². The predicted molar refractivity (Wildman–Crippen MR) is 121 cm³/mol. The van der Waals surface area contributed by atoms with Crippen molar-refractivity contribution in [1.29, 1.82) is 0 Å². The summed E-state index contributed by atoms with van der Waals surface area (Å²) in [5.41, 5.74) is 2.96. The Morgan fingerprint density at radius 3 is 2.39 bits per heavy atom. The minimum Gasteiger partial charge on any atom is -0.356 e. The van der Waals surface area contributed by atoms with E-state index in [-0.39, 0.29) is 5.41 Å². The average Bonchev–Trinajstić information content (AvgIpc) is 2.87. The molecule has 28 heavy (non-hydrogen) atoms. The highest BCUT2D eigenvalue weighted by Crippen LogP contribution is 2.22. The van der Waals surface area contributed by atoms with Gasteiger partial charge in [-0.3, -0.25) is 4.99 Å². The van der Waals surface area contributed by atoms with Gasteiger partial charge in [-0.05, 0) is 62.5 Å². The highest BCUT2D eigenvalue weighted by atomic mass is 15.2. The third-order valence-electron chi connectivity index (χ3n) is 5.51. The van der Waals surface area contributed by atoms with Crippen LogP contribution in [-0.4, -0.2) is 75.7 Å². The first-order chi connectivity index (χ1) is 13.4. The number of aliphatic imine (C=N–C) groups is 1. The van der Waals surface area contributed by atoms with E-state index in [1.807, 2.05) is 7.05 Å². The van der Waals surface area contributed by atoms with E-state index in [0.29, 0.717) is 0 Å². The lowest BCUT2D eigenvalue weighted by atomic mass is 9.86. The van der Waals surface area contributed by atoms with Crippen molar-refractivity contribution in [3.8, 4) is 0 Å². The van der Waals surface area contributed by atoms with Crippen molar-refractivity contribution in [3.63, 3.8) is 0 Å². The predicted octanol–water partition coefficient (Wildman–Crippen LogP) is 2.72. The van der Waals surface area contributed by atoms with Gasteiger partial charge in [0.1, 0.15) is 0 Å². The maximum Gasteiger partial charge on any atom is 0.190 e. The smallest absolute Gasteiger partial charge is 0.190 e. The van der Waals surface area contributed by atoms with Crippen molar-refractivity contribution < 1.29 is 0 Å². The number of likely N-dealkylation sites (N-methyl/N-ethyl adjacent to an activating group) is 1. The molecule has 0 saturated carbocycles. The van der Waals surface area contributed by atoms with Crippen molar-refractivity contribution in [1.82, 2.24) is 20.4 Å². The zero-order valence-electron chi connectivity index (χ0n) is 18.7. The zero-order chi connectivity index (χ0) is 20.4. The molecule has 1 heterocycles. The molecule has 1 fully saturated rings. The minimum atomic E-state index is 0.214. The van der Waals surface area contributed by atoms with Gasteiger partial charge in [0.15, 0.2) is 5.96 Å². The Labute approximate surface area is 172 Å². The number of guanidine groups is 1. The Hall–Kier alpha value is -1.59. The largest absolute Gasteiger partial charge is 0.356 e. The Bertz CT molecular complexity index is 588. The normalized spacial score (nSPS) is 17.4. The number of rotatable bonds is 7. The van der Waals surface area contributed by atoms with Crippen molar-refractivity contribution in [2.75, 3.05) is 59.9 Å². The zero-order valence-corrected chi connectivity index (χ0v) is 18.7. The summed E-state index contributed by atoms with van der Waals surface area (Å²) in [6.07, 6.45) is 3.44. The fourth-order valence-corrected chi connectivity index (χ4v) is 3.55. The van der Waals surface area contributed by atoms with Crippen LogP contribution in [0.2, 0.25) is 0 Å². The topological polar surface area (TPSA) is 42.9 Å². The Morgan fingerprint density at radius 2 is 1.71 bits per heavy atom. The second-order valence-electron chi connectivity index (χ2n) is 8.97. The van der Waals surface area contributed by atoms with Gasteiger partial charge >= 0.3 is 0 Å². The minimum absolute atomic E-state index is 0.214. The van der Waals surface area contributed by atoms with Crippen molar-refractivity contribution in [2.45, 2.75) is 45.4 Å². The number of nitrogens with zero attached hydrogens (tertiary/aromatic N) is 3. The lowest BCUT2D eigenvalue weighted by Crippen LogP contribution is -2.40. The molecular weight excluding hydrogens is 346 g/mol. The first-order valence-corrected chi connectivity index (χ1v) is 10.8. The third-order valence-corrected chi connectivity index (χ3v) is 5.51. The molecule has 1 saturated heterocycles. The summed E-state index contributed by atoms with van der Waals surface area (Å²) in [6, 6.07) is 9.00. The molecule has 2 rings (SSSR count). The monoisotopic (exact) mass is 387 g/mol. The third kappa shape index (κ3) is 8.19. The molecule has 1 aromatic rings. The van der Waals surface area contributed by atoms with Crippen LogP contribution >= 0.6 is 0 Å². The molecule has 0 aromatic heterocycles. The standard InChI is InChI=1S/C23H41N5/c1-23(2,3)21-10-8-20(9-11-21)12-14-26-22(24-4)25-13-6-16-28-17-7-15-27(5)18-19-28/h8-11H,6-7,12-19H2,1-5H3,(H2,24,25,26). The Morgan fingerprint density at radius 1 is 1.00 bits per heavy atom. The van der Waals surface area contributed by atoms with Crippen LogP contribution in [0.15, 0.2) is 29.3 Å². The molecular formula is C23H41N5. The SMILES string of the molecule is CN=C(NCCCN1CCCN(C)CC1)NCCc1ccc(C(C)(C)C)cc1. The highest BCUT2D eigenvalue weighted by molar-refractivity contribution is 5.79. The number of benzene rings is 1. The van der Waals surface area contributed by atoms with Crippen LogP contribution in [0.1, 0.15) is 44.7 Å². The van der Waals surface area contributed by atoms with Crippen LogP contribution in [0, 0.1) is 0 Å². The maximum atomic E-state index is 4.35. The summed E-state index contributed by atoms with van der Waals surface area (Å²) in [5.74, 6) is 0.905. The summed E-state index contributed by atoms with van der Waals surface area (Å²) in [7, 11) is 4.07. The molecule has 1 aliphatic heterocycles. The molecule has 0 atom stereocenters. The molecule has 0 amide bonds. The van der Waals surface area contributed by atoms with Crippen molar-refractivity contribution in [2.24, 2.45) is 4.99 Å². The second-order valence-corrected chi connectivity index (χ2v) is 8.97. The first-order valence-electron chi connectivity index (χ1n) is 10.8. The molecule has 0 bridgehead atoms. The van der Waals surface area contributed by atoms with Gasteiger partial charge < -0.3 is 20.4 Å². The molecule has 0 unspecified atom stereocenters. The number of nitrogens with one attached hydrogen (secondary N) is 2. The van der Waals surface area contributed by atoms with Crippen LogP contribution in [0.5, 0.6) is 0 Å².